The van der Waals surface area contributed by atoms with Crippen molar-refractivity contribution in [3.63, 3.8) is 0 Å². The number of carbonyl (C=O) groups excluding carboxylic acids is 1. The number of carboxylic acids is 1. The van der Waals surface area contributed by atoms with Crippen LogP contribution in [0, 0.1) is 0 Å². The van der Waals surface area contributed by atoms with Crippen LogP contribution in [-0.2, 0) is 25.4 Å². The van der Waals surface area contributed by atoms with Gasteiger partial charge >= 0.3 is 5.97 Å². The van der Waals surface area contributed by atoms with E-state index in [2.05, 4.69) is 5.32 Å². The molecule has 2 rings (SSSR count). The first-order chi connectivity index (χ1) is 12.4. The highest BCUT2D eigenvalue weighted by Gasteiger charge is 2.28. The van der Waals surface area contributed by atoms with Gasteiger partial charge in [-0.1, -0.05) is 30.3 Å². The van der Waals surface area contributed by atoms with Gasteiger partial charge in [-0.3, -0.25) is 9.59 Å². The first-order valence-corrected chi connectivity index (χ1v) is 10.5. The summed E-state index contributed by atoms with van der Waals surface area (Å²) in [6, 6.07) is 9.08. The molecule has 1 fully saturated rings. The van der Waals surface area contributed by atoms with Gasteiger partial charge in [0.05, 0.1) is 5.75 Å². The van der Waals surface area contributed by atoms with Gasteiger partial charge in [-0.2, -0.15) is 0 Å². The zero-order valence-corrected chi connectivity index (χ0v) is 15.6. The number of hydrogen-bond donors (Lipinski definition) is 2. The topological polar surface area (TPSA) is 104 Å². The van der Waals surface area contributed by atoms with Crippen LogP contribution in [0.1, 0.15) is 44.1 Å². The molecule has 0 spiro atoms. The van der Waals surface area contributed by atoms with Crippen molar-refractivity contribution in [2.24, 2.45) is 0 Å². The van der Waals surface area contributed by atoms with Gasteiger partial charge in [-0.05, 0) is 31.2 Å². The minimum atomic E-state index is -3.35. The number of hydrogen-bond acceptors (Lipinski definition) is 4. The van der Waals surface area contributed by atoms with Crippen molar-refractivity contribution in [1.82, 2.24) is 9.62 Å². The monoisotopic (exact) mass is 382 g/mol. The number of amides is 1. The van der Waals surface area contributed by atoms with Crippen molar-refractivity contribution in [2.75, 3.05) is 13.1 Å². The van der Waals surface area contributed by atoms with E-state index in [1.807, 2.05) is 18.2 Å². The molecule has 7 nitrogen and oxygen atoms in total. The lowest BCUT2D eigenvalue weighted by Gasteiger charge is -2.31. The fourth-order valence-corrected chi connectivity index (χ4v) is 4.58. The van der Waals surface area contributed by atoms with Gasteiger partial charge in [0, 0.05) is 32.0 Å². The summed E-state index contributed by atoms with van der Waals surface area (Å²) in [5, 5.41) is 11.5. The second-order valence-corrected chi connectivity index (χ2v) is 8.55. The highest BCUT2D eigenvalue weighted by molar-refractivity contribution is 7.88. The third kappa shape index (κ3) is 6.76. The number of nitrogens with one attached hydrogen (secondary N) is 1. The Morgan fingerprint density at radius 1 is 1.08 bits per heavy atom. The largest absolute Gasteiger partial charge is 0.481 e. The molecule has 0 saturated carbocycles. The summed E-state index contributed by atoms with van der Waals surface area (Å²) in [7, 11) is -3.35. The zero-order valence-electron chi connectivity index (χ0n) is 14.8. The SMILES string of the molecule is O=C(O)CCCCC(=O)NC1CCN(S(=O)(=O)Cc2ccccc2)CC1. The molecule has 2 N–H and O–H groups in total. The second kappa shape index (κ2) is 9.68. The second-order valence-electron chi connectivity index (χ2n) is 6.58. The minimum absolute atomic E-state index is 0.00551. The van der Waals surface area contributed by atoms with E-state index in [0.29, 0.717) is 45.2 Å². The van der Waals surface area contributed by atoms with Crippen molar-refractivity contribution in [3.8, 4) is 0 Å². The molecule has 1 saturated heterocycles. The molecule has 0 bridgehead atoms. The lowest BCUT2D eigenvalue weighted by molar-refractivity contribution is -0.137. The number of benzene rings is 1. The molecule has 1 aromatic rings. The Hall–Kier alpha value is -1.93. The number of carbonyl (C=O) groups is 2. The predicted octanol–water partition coefficient (Wildman–Crippen LogP) is 1.74. The lowest BCUT2D eigenvalue weighted by atomic mass is 10.1. The zero-order chi connectivity index (χ0) is 19.0. The van der Waals surface area contributed by atoms with Crippen LogP contribution < -0.4 is 5.32 Å². The first-order valence-electron chi connectivity index (χ1n) is 8.90. The molecule has 0 unspecified atom stereocenters. The predicted molar refractivity (Wildman–Crippen MR) is 97.9 cm³/mol. The smallest absolute Gasteiger partial charge is 0.303 e. The Morgan fingerprint density at radius 3 is 2.31 bits per heavy atom. The molecule has 1 amide bonds. The van der Waals surface area contributed by atoms with Crippen molar-refractivity contribution in [1.29, 1.82) is 0 Å². The summed E-state index contributed by atoms with van der Waals surface area (Å²) in [5.41, 5.74) is 0.768. The maximum absolute atomic E-state index is 12.5. The molecule has 1 aliphatic heterocycles. The van der Waals surface area contributed by atoms with Gasteiger partial charge in [-0.25, -0.2) is 12.7 Å². The molecular formula is C18H26N2O5S. The molecule has 0 aliphatic carbocycles. The molecule has 1 aromatic carbocycles. The van der Waals surface area contributed by atoms with E-state index in [4.69, 9.17) is 5.11 Å². The number of unbranched alkanes of at least 4 members (excludes halogenated alkanes) is 1. The molecule has 1 heterocycles. The van der Waals surface area contributed by atoms with E-state index >= 15 is 0 Å². The molecule has 8 heteroatoms. The van der Waals surface area contributed by atoms with Crippen LogP contribution in [0.3, 0.4) is 0 Å². The Kier molecular flexibility index (Phi) is 7.59. The van der Waals surface area contributed by atoms with Crippen LogP contribution in [-0.4, -0.2) is 48.8 Å². The van der Waals surface area contributed by atoms with Crippen LogP contribution in [0.5, 0.6) is 0 Å². The van der Waals surface area contributed by atoms with Crippen molar-refractivity contribution < 1.29 is 23.1 Å². The maximum Gasteiger partial charge on any atom is 0.303 e. The number of nitrogens with zero attached hydrogens (tertiary/aromatic N) is 1. The van der Waals surface area contributed by atoms with E-state index < -0.39 is 16.0 Å². The third-order valence-corrected chi connectivity index (χ3v) is 6.30. The molecule has 0 aromatic heterocycles. The van der Waals surface area contributed by atoms with E-state index in [9.17, 15) is 18.0 Å². The van der Waals surface area contributed by atoms with E-state index in [-0.39, 0.29) is 24.1 Å². The van der Waals surface area contributed by atoms with Gasteiger partial charge in [0.1, 0.15) is 0 Å². The van der Waals surface area contributed by atoms with E-state index in [0.717, 1.165) is 5.56 Å². The van der Waals surface area contributed by atoms with Crippen LogP contribution in [0.15, 0.2) is 30.3 Å². The molecule has 26 heavy (non-hydrogen) atoms. The first kappa shape index (κ1) is 20.4. The summed E-state index contributed by atoms with van der Waals surface area (Å²) in [6.07, 6.45) is 2.59. The summed E-state index contributed by atoms with van der Waals surface area (Å²) < 4.78 is 26.5. The Labute approximate surface area is 154 Å². The highest BCUT2D eigenvalue weighted by Crippen LogP contribution is 2.18. The standard InChI is InChI=1S/C18H26N2O5S/c21-17(8-4-5-9-18(22)23)19-16-10-12-20(13-11-16)26(24,25)14-15-6-2-1-3-7-15/h1-3,6-7,16H,4-5,8-14H2,(H,19,21)(H,22,23). The van der Waals surface area contributed by atoms with Gasteiger partial charge in [0.25, 0.3) is 0 Å². The quantitative estimate of drug-likeness (QED) is 0.633. The third-order valence-electron chi connectivity index (χ3n) is 4.45. The molecule has 0 atom stereocenters. The molecule has 144 valence electrons. The number of piperidine rings is 1. The fraction of sp³-hybridized carbons (Fsp3) is 0.556. The molecular weight excluding hydrogens is 356 g/mol. The maximum atomic E-state index is 12.5. The van der Waals surface area contributed by atoms with Gasteiger partial charge in [-0.15, -0.1) is 0 Å². The highest BCUT2D eigenvalue weighted by atomic mass is 32.2. The summed E-state index contributed by atoms with van der Waals surface area (Å²) in [4.78, 5) is 22.3. The average Bonchev–Trinajstić information content (AvgIpc) is 2.59. The van der Waals surface area contributed by atoms with Crippen molar-refractivity contribution in [2.45, 2.75) is 50.3 Å². The normalized spacial score (nSPS) is 16.3. The van der Waals surface area contributed by atoms with Crippen molar-refractivity contribution >= 4 is 21.9 Å². The summed E-state index contributed by atoms with van der Waals surface area (Å²) >= 11 is 0. The van der Waals surface area contributed by atoms with Crippen molar-refractivity contribution in [3.05, 3.63) is 35.9 Å². The van der Waals surface area contributed by atoms with Crippen LogP contribution in [0.4, 0.5) is 0 Å². The average molecular weight is 382 g/mol. The van der Waals surface area contributed by atoms with Crippen LogP contribution in [0.2, 0.25) is 0 Å². The van der Waals surface area contributed by atoms with E-state index in [1.54, 1.807) is 12.1 Å². The number of sulfonamides is 1. The Morgan fingerprint density at radius 2 is 1.69 bits per heavy atom. The van der Waals surface area contributed by atoms with Gasteiger partial charge in [0.2, 0.25) is 15.9 Å². The Balaban J connectivity index is 1.72. The summed E-state index contributed by atoms with van der Waals surface area (Å²) in [5.74, 6) is -0.954. The van der Waals surface area contributed by atoms with Gasteiger partial charge < -0.3 is 10.4 Å². The summed E-state index contributed by atoms with van der Waals surface area (Å²) in [6.45, 7) is 0.804. The lowest BCUT2D eigenvalue weighted by Crippen LogP contribution is -2.46. The Bertz CT molecular complexity index is 698. The van der Waals surface area contributed by atoms with Crippen LogP contribution >= 0.6 is 0 Å². The van der Waals surface area contributed by atoms with Gasteiger partial charge in [0.15, 0.2) is 0 Å². The van der Waals surface area contributed by atoms with E-state index in [1.165, 1.54) is 4.31 Å². The number of carboxylic acid groups (broad SMARTS) is 1. The molecule has 1 aliphatic rings. The number of aliphatic carboxylic acids is 1. The number of rotatable bonds is 9. The fourth-order valence-electron chi connectivity index (χ4n) is 3.02. The van der Waals surface area contributed by atoms with Crippen LogP contribution in [0.25, 0.3) is 0 Å². The minimum Gasteiger partial charge on any atom is -0.481 e. The molecule has 0 radical (unpaired) electrons.